The van der Waals surface area contributed by atoms with Gasteiger partial charge in [0.15, 0.2) is 0 Å². The van der Waals surface area contributed by atoms with Gasteiger partial charge in [0.05, 0.1) is 16.3 Å². The van der Waals surface area contributed by atoms with Crippen LogP contribution in [-0.2, 0) is 9.53 Å². The standard InChI is InChI=1S/C16H18N2O2S/c19-16(13-7-4-10-20-13)18-9-3-6-12(18)15-17-11-5-1-2-8-14(11)21-15/h1-2,5,8,12-13H,3-4,6-7,9-10H2/t12-,13-/m1/s1. The van der Waals surface area contributed by atoms with Crippen LogP contribution in [0.15, 0.2) is 24.3 Å². The normalized spacial score (nSPS) is 25.8. The first-order valence-electron chi connectivity index (χ1n) is 7.60. The summed E-state index contributed by atoms with van der Waals surface area (Å²) < 4.78 is 6.76. The molecule has 2 saturated heterocycles. The zero-order valence-electron chi connectivity index (χ0n) is 11.8. The Labute approximate surface area is 127 Å². The van der Waals surface area contributed by atoms with E-state index in [1.54, 1.807) is 11.3 Å². The van der Waals surface area contributed by atoms with E-state index in [-0.39, 0.29) is 18.1 Å². The smallest absolute Gasteiger partial charge is 0.252 e. The maximum absolute atomic E-state index is 12.6. The number of nitrogens with zero attached hydrogens (tertiary/aromatic N) is 2. The number of fused-ring (bicyclic) bond motifs is 1. The summed E-state index contributed by atoms with van der Waals surface area (Å²) in [6, 6.07) is 8.32. The number of para-hydroxylation sites is 1. The van der Waals surface area contributed by atoms with Gasteiger partial charge in [0, 0.05) is 13.2 Å². The molecule has 0 N–H and O–H groups in total. The van der Waals surface area contributed by atoms with Gasteiger partial charge in [-0.25, -0.2) is 4.98 Å². The number of aromatic nitrogens is 1. The number of rotatable bonds is 2. The third-order valence-corrected chi connectivity index (χ3v) is 5.47. The molecule has 2 aliphatic rings. The molecule has 0 spiro atoms. The van der Waals surface area contributed by atoms with Crippen molar-refractivity contribution < 1.29 is 9.53 Å². The lowest BCUT2D eigenvalue weighted by atomic mass is 10.2. The van der Waals surface area contributed by atoms with Crippen molar-refractivity contribution in [3.05, 3.63) is 29.3 Å². The van der Waals surface area contributed by atoms with Crippen LogP contribution in [0.4, 0.5) is 0 Å². The lowest BCUT2D eigenvalue weighted by Crippen LogP contribution is -2.38. The van der Waals surface area contributed by atoms with Crippen molar-refractivity contribution in [2.75, 3.05) is 13.2 Å². The average Bonchev–Trinajstić information content (AvgIpc) is 3.24. The number of likely N-dealkylation sites (tertiary alicyclic amines) is 1. The Kier molecular flexibility index (Phi) is 3.39. The van der Waals surface area contributed by atoms with Gasteiger partial charge in [0.2, 0.25) is 0 Å². The van der Waals surface area contributed by atoms with Gasteiger partial charge < -0.3 is 9.64 Å². The van der Waals surface area contributed by atoms with Crippen LogP contribution in [0.25, 0.3) is 10.2 Å². The van der Waals surface area contributed by atoms with Gasteiger partial charge in [-0.15, -0.1) is 11.3 Å². The first-order chi connectivity index (χ1) is 10.3. The van der Waals surface area contributed by atoms with Gasteiger partial charge in [-0.3, -0.25) is 4.79 Å². The molecule has 21 heavy (non-hydrogen) atoms. The highest BCUT2D eigenvalue weighted by Gasteiger charge is 2.37. The number of hydrogen-bond donors (Lipinski definition) is 0. The molecule has 4 rings (SSSR count). The molecule has 2 aromatic rings. The van der Waals surface area contributed by atoms with Crippen LogP contribution in [0.2, 0.25) is 0 Å². The summed E-state index contributed by atoms with van der Waals surface area (Å²) in [5, 5.41) is 1.07. The van der Waals surface area contributed by atoms with Crippen LogP contribution in [-0.4, -0.2) is 35.0 Å². The van der Waals surface area contributed by atoms with Crippen LogP contribution in [0, 0.1) is 0 Å². The molecule has 5 heteroatoms. The Bertz CT molecular complexity index is 630. The van der Waals surface area contributed by atoms with E-state index < -0.39 is 0 Å². The monoisotopic (exact) mass is 302 g/mol. The summed E-state index contributed by atoms with van der Waals surface area (Å²) in [4.78, 5) is 19.4. The molecular formula is C16H18N2O2S. The van der Waals surface area contributed by atoms with Crippen LogP contribution in [0.3, 0.4) is 0 Å². The first-order valence-corrected chi connectivity index (χ1v) is 8.42. The highest BCUT2D eigenvalue weighted by atomic mass is 32.1. The summed E-state index contributed by atoms with van der Waals surface area (Å²) in [6.07, 6.45) is 3.70. The zero-order chi connectivity index (χ0) is 14.2. The van der Waals surface area contributed by atoms with E-state index in [0.29, 0.717) is 0 Å². The minimum Gasteiger partial charge on any atom is -0.368 e. The van der Waals surface area contributed by atoms with Gasteiger partial charge in [0.1, 0.15) is 11.1 Å². The minimum absolute atomic E-state index is 0.138. The molecule has 110 valence electrons. The van der Waals surface area contributed by atoms with Crippen molar-refractivity contribution >= 4 is 27.5 Å². The van der Waals surface area contributed by atoms with E-state index in [4.69, 9.17) is 9.72 Å². The molecule has 1 aromatic heterocycles. The van der Waals surface area contributed by atoms with Gasteiger partial charge in [-0.1, -0.05) is 12.1 Å². The van der Waals surface area contributed by atoms with E-state index in [0.717, 1.165) is 49.4 Å². The van der Waals surface area contributed by atoms with E-state index in [2.05, 4.69) is 6.07 Å². The highest BCUT2D eigenvalue weighted by Crippen LogP contribution is 2.37. The van der Waals surface area contributed by atoms with Crippen molar-refractivity contribution in [1.29, 1.82) is 0 Å². The van der Waals surface area contributed by atoms with Crippen LogP contribution >= 0.6 is 11.3 Å². The van der Waals surface area contributed by atoms with Gasteiger partial charge in [0.25, 0.3) is 5.91 Å². The van der Waals surface area contributed by atoms with Gasteiger partial charge in [-0.05, 0) is 37.8 Å². The average molecular weight is 302 g/mol. The van der Waals surface area contributed by atoms with E-state index >= 15 is 0 Å². The minimum atomic E-state index is -0.222. The Morgan fingerprint density at radius 3 is 3.00 bits per heavy atom. The topological polar surface area (TPSA) is 42.4 Å². The third kappa shape index (κ3) is 2.34. The molecule has 0 bridgehead atoms. The number of benzene rings is 1. The Morgan fingerprint density at radius 2 is 2.19 bits per heavy atom. The Hall–Kier alpha value is -1.46. The fraction of sp³-hybridized carbons (Fsp3) is 0.500. The SMILES string of the molecule is O=C([C@H]1CCCO1)N1CCC[C@@H]1c1nc2ccccc2s1. The maximum Gasteiger partial charge on any atom is 0.252 e. The molecule has 0 aliphatic carbocycles. The van der Waals surface area contributed by atoms with E-state index in [1.807, 2.05) is 23.1 Å². The maximum atomic E-state index is 12.6. The molecule has 3 heterocycles. The fourth-order valence-electron chi connectivity index (χ4n) is 3.28. The first kappa shape index (κ1) is 13.2. The second kappa shape index (κ2) is 5.39. The second-order valence-corrected chi connectivity index (χ2v) is 6.77. The fourth-order valence-corrected chi connectivity index (χ4v) is 4.39. The molecule has 2 aliphatic heterocycles. The van der Waals surface area contributed by atoms with E-state index in [9.17, 15) is 4.79 Å². The molecule has 2 fully saturated rings. The molecule has 0 radical (unpaired) electrons. The number of carbonyl (C=O) groups excluding carboxylic acids is 1. The predicted octanol–water partition coefficient (Wildman–Crippen LogP) is 3.14. The molecular weight excluding hydrogens is 284 g/mol. The lowest BCUT2D eigenvalue weighted by molar-refractivity contribution is -0.141. The number of hydrogen-bond acceptors (Lipinski definition) is 4. The molecule has 0 saturated carbocycles. The molecule has 1 amide bonds. The van der Waals surface area contributed by atoms with Crippen LogP contribution < -0.4 is 0 Å². The van der Waals surface area contributed by atoms with Crippen molar-refractivity contribution in [3.8, 4) is 0 Å². The van der Waals surface area contributed by atoms with Crippen LogP contribution in [0.1, 0.15) is 36.7 Å². The zero-order valence-corrected chi connectivity index (χ0v) is 12.6. The van der Waals surface area contributed by atoms with Gasteiger partial charge in [-0.2, -0.15) is 0 Å². The lowest BCUT2D eigenvalue weighted by Gasteiger charge is -2.25. The summed E-state index contributed by atoms with van der Waals surface area (Å²) >= 11 is 1.71. The highest BCUT2D eigenvalue weighted by molar-refractivity contribution is 7.18. The summed E-state index contributed by atoms with van der Waals surface area (Å²) in [5.74, 6) is 0.161. The summed E-state index contributed by atoms with van der Waals surface area (Å²) in [5.41, 5.74) is 1.04. The molecule has 4 nitrogen and oxygen atoms in total. The Balaban J connectivity index is 1.62. The van der Waals surface area contributed by atoms with Crippen molar-refractivity contribution in [2.45, 2.75) is 37.8 Å². The predicted molar refractivity (Wildman–Crippen MR) is 82.3 cm³/mol. The van der Waals surface area contributed by atoms with Crippen molar-refractivity contribution in [1.82, 2.24) is 9.88 Å². The van der Waals surface area contributed by atoms with Crippen molar-refractivity contribution in [2.24, 2.45) is 0 Å². The van der Waals surface area contributed by atoms with Gasteiger partial charge >= 0.3 is 0 Å². The van der Waals surface area contributed by atoms with E-state index in [1.165, 1.54) is 4.70 Å². The number of carbonyl (C=O) groups is 1. The van der Waals surface area contributed by atoms with Crippen molar-refractivity contribution in [3.63, 3.8) is 0 Å². The summed E-state index contributed by atoms with van der Waals surface area (Å²) in [6.45, 7) is 1.55. The van der Waals surface area contributed by atoms with Crippen LogP contribution in [0.5, 0.6) is 0 Å². The number of amides is 1. The number of ether oxygens (including phenoxy) is 1. The molecule has 2 atom stereocenters. The largest absolute Gasteiger partial charge is 0.368 e. The third-order valence-electron chi connectivity index (χ3n) is 4.34. The molecule has 0 unspecified atom stereocenters. The Morgan fingerprint density at radius 1 is 1.29 bits per heavy atom. The molecule has 1 aromatic carbocycles. The number of thiazole rings is 1. The quantitative estimate of drug-likeness (QED) is 0.856. The summed E-state index contributed by atoms with van der Waals surface area (Å²) in [7, 11) is 0. The second-order valence-electron chi connectivity index (χ2n) is 5.71.